The van der Waals surface area contributed by atoms with E-state index in [-0.39, 0.29) is 17.7 Å². The molecule has 0 bridgehead atoms. The molecule has 1 saturated heterocycles. The minimum absolute atomic E-state index is 0.0943. The highest BCUT2D eigenvalue weighted by molar-refractivity contribution is 6.03. The fourth-order valence-corrected chi connectivity index (χ4v) is 3.93. The first kappa shape index (κ1) is 14.9. The summed E-state index contributed by atoms with van der Waals surface area (Å²) in [6.45, 7) is 2.67. The van der Waals surface area contributed by atoms with Crippen molar-refractivity contribution in [2.75, 3.05) is 6.54 Å². The standard InChI is InChI=1S/C20H20N2O2/c1-12-5-4-6-13(9-12)15-7-2-3-8-16(15)20(24)22-11-14-10-17(14)18(22)19(21)23/h2-9,14,17-18H,10-11H2,1H3,(H2,21,23)/t14-,17-,18-/m0/s1. The van der Waals surface area contributed by atoms with E-state index in [1.54, 1.807) is 4.90 Å². The maximum Gasteiger partial charge on any atom is 0.255 e. The molecule has 1 heterocycles. The number of primary amides is 1. The summed E-state index contributed by atoms with van der Waals surface area (Å²) in [5.74, 6) is 0.222. The van der Waals surface area contributed by atoms with Crippen LogP contribution in [0, 0.1) is 18.8 Å². The van der Waals surface area contributed by atoms with Crippen molar-refractivity contribution in [3.63, 3.8) is 0 Å². The second-order valence-corrected chi connectivity index (χ2v) is 6.88. The molecule has 0 unspecified atom stereocenters. The van der Waals surface area contributed by atoms with Crippen molar-refractivity contribution >= 4 is 11.8 Å². The summed E-state index contributed by atoms with van der Waals surface area (Å²) in [5.41, 5.74) is 9.25. The first-order valence-electron chi connectivity index (χ1n) is 8.32. The molecule has 0 aromatic heterocycles. The van der Waals surface area contributed by atoms with Crippen LogP contribution in [0.5, 0.6) is 0 Å². The van der Waals surface area contributed by atoms with Gasteiger partial charge in [0, 0.05) is 12.1 Å². The van der Waals surface area contributed by atoms with Gasteiger partial charge in [-0.15, -0.1) is 0 Å². The second kappa shape index (κ2) is 5.48. The summed E-state index contributed by atoms with van der Waals surface area (Å²) in [5, 5.41) is 0. The SMILES string of the molecule is Cc1cccc(-c2ccccc2C(=O)N2C[C@@H]3C[C@@H]3[C@H]2C(N)=O)c1. The topological polar surface area (TPSA) is 63.4 Å². The van der Waals surface area contributed by atoms with Gasteiger partial charge in [0.05, 0.1) is 0 Å². The van der Waals surface area contributed by atoms with Crippen molar-refractivity contribution < 1.29 is 9.59 Å². The molecule has 0 spiro atoms. The number of nitrogens with zero attached hydrogens (tertiary/aromatic N) is 1. The minimum Gasteiger partial charge on any atom is -0.368 e. The summed E-state index contributed by atoms with van der Waals surface area (Å²) in [7, 11) is 0. The van der Waals surface area contributed by atoms with E-state index in [1.165, 1.54) is 0 Å². The van der Waals surface area contributed by atoms with Crippen LogP contribution in [0.15, 0.2) is 48.5 Å². The molecule has 2 amide bonds. The van der Waals surface area contributed by atoms with Gasteiger partial charge in [-0.25, -0.2) is 0 Å². The Balaban J connectivity index is 1.72. The van der Waals surface area contributed by atoms with Crippen molar-refractivity contribution in [2.45, 2.75) is 19.4 Å². The Labute approximate surface area is 141 Å². The largest absolute Gasteiger partial charge is 0.368 e. The van der Waals surface area contributed by atoms with E-state index in [0.29, 0.717) is 18.0 Å². The molecule has 24 heavy (non-hydrogen) atoms. The highest BCUT2D eigenvalue weighted by Gasteiger charge is 2.56. The lowest BCUT2D eigenvalue weighted by Gasteiger charge is -2.26. The summed E-state index contributed by atoms with van der Waals surface area (Å²) < 4.78 is 0. The first-order chi connectivity index (χ1) is 11.6. The maximum atomic E-state index is 13.1. The second-order valence-electron chi connectivity index (χ2n) is 6.88. The number of fused-ring (bicyclic) bond motifs is 1. The highest BCUT2D eigenvalue weighted by Crippen LogP contribution is 2.50. The number of amides is 2. The molecule has 2 aliphatic rings. The van der Waals surface area contributed by atoms with Crippen LogP contribution in [0.25, 0.3) is 11.1 Å². The van der Waals surface area contributed by atoms with Crippen molar-refractivity contribution in [3.8, 4) is 11.1 Å². The number of piperidine rings is 1. The molecular formula is C20H20N2O2. The van der Waals surface area contributed by atoms with Gasteiger partial charge < -0.3 is 10.6 Å². The Morgan fingerprint density at radius 3 is 2.67 bits per heavy atom. The van der Waals surface area contributed by atoms with Gasteiger partial charge in [0.1, 0.15) is 6.04 Å². The van der Waals surface area contributed by atoms with Gasteiger partial charge in [0.25, 0.3) is 5.91 Å². The zero-order valence-electron chi connectivity index (χ0n) is 13.6. The third-order valence-electron chi connectivity index (χ3n) is 5.19. The Morgan fingerprint density at radius 1 is 1.12 bits per heavy atom. The number of carbonyl (C=O) groups is 2. The predicted molar refractivity (Wildman–Crippen MR) is 92.2 cm³/mol. The van der Waals surface area contributed by atoms with Crippen LogP contribution in [-0.2, 0) is 4.79 Å². The Hall–Kier alpha value is -2.62. The predicted octanol–water partition coefficient (Wildman–Crippen LogP) is 2.61. The quantitative estimate of drug-likeness (QED) is 0.945. The summed E-state index contributed by atoms with van der Waals surface area (Å²) >= 11 is 0. The van der Waals surface area contributed by atoms with Crippen LogP contribution in [0.1, 0.15) is 22.3 Å². The van der Waals surface area contributed by atoms with E-state index >= 15 is 0 Å². The van der Waals surface area contributed by atoms with Gasteiger partial charge in [0.2, 0.25) is 5.91 Å². The Bertz CT molecular complexity index is 830. The van der Waals surface area contributed by atoms with Gasteiger partial charge in [0.15, 0.2) is 0 Å². The van der Waals surface area contributed by atoms with E-state index in [0.717, 1.165) is 23.1 Å². The normalized spacial score (nSPS) is 24.5. The van der Waals surface area contributed by atoms with Crippen LogP contribution < -0.4 is 5.73 Å². The molecule has 4 nitrogen and oxygen atoms in total. The number of hydrogen-bond donors (Lipinski definition) is 1. The van der Waals surface area contributed by atoms with Gasteiger partial charge in [-0.05, 0) is 42.4 Å². The molecule has 122 valence electrons. The Morgan fingerprint density at radius 2 is 1.92 bits per heavy atom. The van der Waals surface area contributed by atoms with E-state index in [4.69, 9.17) is 5.73 Å². The fourth-order valence-electron chi connectivity index (χ4n) is 3.93. The molecule has 4 heteroatoms. The lowest BCUT2D eigenvalue weighted by atomic mass is 9.97. The summed E-state index contributed by atoms with van der Waals surface area (Å²) in [6.07, 6.45) is 1.01. The minimum atomic E-state index is -0.451. The Kier molecular flexibility index (Phi) is 3.41. The number of hydrogen-bond acceptors (Lipinski definition) is 2. The molecule has 1 aliphatic heterocycles. The molecule has 2 aromatic rings. The van der Waals surface area contributed by atoms with Crippen LogP contribution in [0.3, 0.4) is 0 Å². The van der Waals surface area contributed by atoms with Gasteiger partial charge in [-0.2, -0.15) is 0 Å². The number of likely N-dealkylation sites (tertiary alicyclic amines) is 1. The van der Waals surface area contributed by atoms with Gasteiger partial charge in [-0.1, -0.05) is 48.0 Å². The maximum absolute atomic E-state index is 13.1. The van der Waals surface area contributed by atoms with Crippen LogP contribution in [0.4, 0.5) is 0 Å². The van der Waals surface area contributed by atoms with Gasteiger partial charge >= 0.3 is 0 Å². The van der Waals surface area contributed by atoms with E-state index in [1.807, 2.05) is 49.4 Å². The van der Waals surface area contributed by atoms with Crippen LogP contribution in [-0.4, -0.2) is 29.3 Å². The van der Waals surface area contributed by atoms with Crippen LogP contribution >= 0.6 is 0 Å². The average molecular weight is 320 g/mol. The number of benzene rings is 2. The zero-order valence-corrected chi connectivity index (χ0v) is 13.6. The molecule has 2 fully saturated rings. The smallest absolute Gasteiger partial charge is 0.255 e. The molecule has 1 aliphatic carbocycles. The third-order valence-corrected chi connectivity index (χ3v) is 5.19. The lowest BCUT2D eigenvalue weighted by Crippen LogP contribution is -2.46. The van der Waals surface area contributed by atoms with E-state index in [9.17, 15) is 9.59 Å². The molecule has 4 rings (SSSR count). The molecule has 1 saturated carbocycles. The number of carbonyl (C=O) groups excluding carboxylic acids is 2. The lowest BCUT2D eigenvalue weighted by molar-refractivity contribution is -0.122. The molecule has 0 radical (unpaired) electrons. The monoisotopic (exact) mass is 320 g/mol. The number of aryl methyl sites for hydroxylation is 1. The van der Waals surface area contributed by atoms with Crippen molar-refractivity contribution in [1.29, 1.82) is 0 Å². The van der Waals surface area contributed by atoms with Crippen LogP contribution in [0.2, 0.25) is 0 Å². The summed E-state index contributed by atoms with van der Waals surface area (Å²) in [4.78, 5) is 26.6. The molecular weight excluding hydrogens is 300 g/mol. The van der Waals surface area contributed by atoms with E-state index in [2.05, 4.69) is 6.07 Å². The number of rotatable bonds is 3. The van der Waals surface area contributed by atoms with Gasteiger partial charge in [-0.3, -0.25) is 9.59 Å². The fraction of sp³-hybridized carbons (Fsp3) is 0.300. The van der Waals surface area contributed by atoms with E-state index < -0.39 is 6.04 Å². The highest BCUT2D eigenvalue weighted by atomic mass is 16.2. The third kappa shape index (κ3) is 2.39. The number of nitrogens with two attached hydrogens (primary N) is 1. The van der Waals surface area contributed by atoms with Crippen molar-refractivity contribution in [3.05, 3.63) is 59.7 Å². The van der Waals surface area contributed by atoms with Crippen molar-refractivity contribution in [2.24, 2.45) is 17.6 Å². The first-order valence-corrected chi connectivity index (χ1v) is 8.32. The summed E-state index contributed by atoms with van der Waals surface area (Å²) in [6, 6.07) is 15.2. The molecule has 2 aromatic carbocycles. The average Bonchev–Trinajstić information content (AvgIpc) is 3.23. The zero-order chi connectivity index (χ0) is 16.8. The molecule has 2 N–H and O–H groups in total. The van der Waals surface area contributed by atoms with Crippen molar-refractivity contribution in [1.82, 2.24) is 4.90 Å². The molecule has 3 atom stereocenters.